The molecule has 4 heteroatoms. The van der Waals surface area contributed by atoms with Gasteiger partial charge >= 0.3 is 0 Å². The lowest BCUT2D eigenvalue weighted by atomic mass is 10.1. The van der Waals surface area contributed by atoms with Crippen LogP contribution in [-0.2, 0) is 0 Å². The van der Waals surface area contributed by atoms with Crippen molar-refractivity contribution in [1.82, 2.24) is 20.4 Å². The largest absolute Gasteiger partial charge is 0.314 e. The predicted molar refractivity (Wildman–Crippen MR) is 56.1 cm³/mol. The minimum atomic E-state index is 0.538. The fourth-order valence-electron chi connectivity index (χ4n) is 2.14. The Kier molecular flexibility index (Phi) is 3.16. The van der Waals surface area contributed by atoms with Crippen molar-refractivity contribution in [3.05, 3.63) is 18.0 Å². The molecule has 0 spiro atoms. The summed E-state index contributed by atoms with van der Waals surface area (Å²) in [7, 11) is 0. The lowest BCUT2D eigenvalue weighted by Crippen LogP contribution is -2.44. The zero-order valence-corrected chi connectivity index (χ0v) is 8.66. The van der Waals surface area contributed by atoms with Crippen LogP contribution in [0.5, 0.6) is 0 Å². The van der Waals surface area contributed by atoms with Gasteiger partial charge in [0.1, 0.15) is 0 Å². The third kappa shape index (κ3) is 1.96. The highest BCUT2D eigenvalue weighted by molar-refractivity contribution is 5.09. The molecule has 2 heterocycles. The SMILES string of the molecule is CCC(c1cn[nH]c1)N1CCNCC1. The highest BCUT2D eigenvalue weighted by Crippen LogP contribution is 2.22. The fourth-order valence-corrected chi connectivity index (χ4v) is 2.14. The topological polar surface area (TPSA) is 44.0 Å². The second-order valence-corrected chi connectivity index (χ2v) is 3.74. The summed E-state index contributed by atoms with van der Waals surface area (Å²) in [5.41, 5.74) is 1.31. The smallest absolute Gasteiger partial charge is 0.0535 e. The summed E-state index contributed by atoms with van der Waals surface area (Å²) in [6.45, 7) is 6.73. The molecule has 78 valence electrons. The normalized spacial score (nSPS) is 20.9. The average molecular weight is 194 g/mol. The average Bonchev–Trinajstić information content (AvgIpc) is 2.74. The number of piperazine rings is 1. The Morgan fingerprint density at radius 3 is 2.86 bits per heavy atom. The van der Waals surface area contributed by atoms with Crippen molar-refractivity contribution < 1.29 is 0 Å². The Labute approximate surface area is 84.7 Å². The maximum atomic E-state index is 4.02. The summed E-state index contributed by atoms with van der Waals surface area (Å²) in [6, 6.07) is 0.538. The van der Waals surface area contributed by atoms with Crippen LogP contribution in [0.4, 0.5) is 0 Å². The first-order valence-electron chi connectivity index (χ1n) is 5.35. The van der Waals surface area contributed by atoms with E-state index in [0.29, 0.717) is 6.04 Å². The molecule has 0 radical (unpaired) electrons. The van der Waals surface area contributed by atoms with Gasteiger partial charge < -0.3 is 5.32 Å². The van der Waals surface area contributed by atoms with Crippen LogP contribution in [0.25, 0.3) is 0 Å². The van der Waals surface area contributed by atoms with E-state index in [1.165, 1.54) is 5.56 Å². The van der Waals surface area contributed by atoms with Crippen LogP contribution in [0.2, 0.25) is 0 Å². The Bertz CT molecular complexity index is 251. The van der Waals surface area contributed by atoms with Gasteiger partial charge in [0.05, 0.1) is 6.20 Å². The number of hydrogen-bond donors (Lipinski definition) is 2. The highest BCUT2D eigenvalue weighted by Gasteiger charge is 2.20. The van der Waals surface area contributed by atoms with Gasteiger partial charge in [0, 0.05) is 44.0 Å². The van der Waals surface area contributed by atoms with Crippen molar-refractivity contribution in [3.63, 3.8) is 0 Å². The lowest BCUT2D eigenvalue weighted by molar-refractivity contribution is 0.169. The lowest BCUT2D eigenvalue weighted by Gasteiger charge is -2.33. The summed E-state index contributed by atoms with van der Waals surface area (Å²) in [4.78, 5) is 2.53. The molecule has 0 saturated carbocycles. The van der Waals surface area contributed by atoms with Gasteiger partial charge in [-0.2, -0.15) is 5.10 Å². The number of H-pyrrole nitrogens is 1. The van der Waals surface area contributed by atoms with E-state index in [2.05, 4.69) is 27.3 Å². The number of aromatic nitrogens is 2. The van der Waals surface area contributed by atoms with Gasteiger partial charge in [0.2, 0.25) is 0 Å². The van der Waals surface area contributed by atoms with E-state index >= 15 is 0 Å². The van der Waals surface area contributed by atoms with Crippen LogP contribution in [-0.4, -0.2) is 41.3 Å². The van der Waals surface area contributed by atoms with Crippen molar-refractivity contribution in [1.29, 1.82) is 0 Å². The Hall–Kier alpha value is -0.870. The molecule has 1 saturated heterocycles. The molecular weight excluding hydrogens is 176 g/mol. The number of nitrogens with one attached hydrogen (secondary N) is 2. The first-order chi connectivity index (χ1) is 6.92. The van der Waals surface area contributed by atoms with Gasteiger partial charge in [0.25, 0.3) is 0 Å². The molecule has 0 amide bonds. The second kappa shape index (κ2) is 4.57. The predicted octanol–water partition coefficient (Wildman–Crippen LogP) is 0.766. The molecule has 1 unspecified atom stereocenters. The first kappa shape index (κ1) is 9.68. The first-order valence-corrected chi connectivity index (χ1v) is 5.35. The molecule has 1 aliphatic rings. The third-order valence-electron chi connectivity index (χ3n) is 2.88. The summed E-state index contributed by atoms with van der Waals surface area (Å²) in [6.07, 6.45) is 5.10. The quantitative estimate of drug-likeness (QED) is 0.747. The second-order valence-electron chi connectivity index (χ2n) is 3.74. The van der Waals surface area contributed by atoms with E-state index in [1.54, 1.807) is 0 Å². The van der Waals surface area contributed by atoms with Crippen LogP contribution in [0, 0.1) is 0 Å². The van der Waals surface area contributed by atoms with Crippen molar-refractivity contribution in [3.8, 4) is 0 Å². The Balaban J connectivity index is 2.04. The van der Waals surface area contributed by atoms with Crippen molar-refractivity contribution in [2.75, 3.05) is 26.2 Å². The summed E-state index contributed by atoms with van der Waals surface area (Å²) in [5.74, 6) is 0. The minimum absolute atomic E-state index is 0.538. The molecule has 0 aromatic carbocycles. The third-order valence-corrected chi connectivity index (χ3v) is 2.88. The standard InChI is InChI=1S/C10H18N4/c1-2-10(9-7-12-13-8-9)14-5-3-11-4-6-14/h7-8,10-11H,2-6H2,1H3,(H,12,13). The maximum absolute atomic E-state index is 4.02. The summed E-state index contributed by atoms with van der Waals surface area (Å²) in [5, 5.41) is 10.3. The Morgan fingerprint density at radius 2 is 2.29 bits per heavy atom. The highest BCUT2D eigenvalue weighted by atomic mass is 15.2. The van der Waals surface area contributed by atoms with Gasteiger partial charge in [-0.3, -0.25) is 10.00 Å². The van der Waals surface area contributed by atoms with Crippen LogP contribution in [0.15, 0.2) is 12.4 Å². The van der Waals surface area contributed by atoms with Gasteiger partial charge in [0.15, 0.2) is 0 Å². The van der Waals surface area contributed by atoms with Crippen LogP contribution >= 0.6 is 0 Å². The summed E-state index contributed by atoms with van der Waals surface area (Å²) < 4.78 is 0. The maximum Gasteiger partial charge on any atom is 0.0535 e. The zero-order valence-electron chi connectivity index (χ0n) is 8.66. The van der Waals surface area contributed by atoms with Crippen molar-refractivity contribution in [2.45, 2.75) is 19.4 Å². The molecule has 14 heavy (non-hydrogen) atoms. The molecule has 0 aliphatic carbocycles. The van der Waals surface area contributed by atoms with E-state index in [4.69, 9.17) is 0 Å². The Morgan fingerprint density at radius 1 is 1.50 bits per heavy atom. The van der Waals surface area contributed by atoms with Gasteiger partial charge in [-0.05, 0) is 6.42 Å². The van der Waals surface area contributed by atoms with Crippen LogP contribution in [0.3, 0.4) is 0 Å². The molecule has 2 rings (SSSR count). The van der Waals surface area contributed by atoms with Gasteiger partial charge in [-0.25, -0.2) is 0 Å². The van der Waals surface area contributed by atoms with Crippen LogP contribution in [0.1, 0.15) is 24.9 Å². The van der Waals surface area contributed by atoms with Crippen molar-refractivity contribution in [2.24, 2.45) is 0 Å². The van der Waals surface area contributed by atoms with E-state index in [0.717, 1.165) is 32.6 Å². The number of aromatic amines is 1. The monoisotopic (exact) mass is 194 g/mol. The molecular formula is C10H18N4. The number of rotatable bonds is 3. The molecule has 2 N–H and O–H groups in total. The zero-order chi connectivity index (χ0) is 9.80. The molecule has 1 aromatic rings. The molecule has 0 bridgehead atoms. The fraction of sp³-hybridized carbons (Fsp3) is 0.700. The molecule has 1 aliphatic heterocycles. The van der Waals surface area contributed by atoms with Gasteiger partial charge in [-0.1, -0.05) is 6.92 Å². The van der Waals surface area contributed by atoms with Gasteiger partial charge in [-0.15, -0.1) is 0 Å². The van der Waals surface area contributed by atoms with E-state index in [-0.39, 0.29) is 0 Å². The molecule has 1 fully saturated rings. The summed E-state index contributed by atoms with van der Waals surface area (Å²) >= 11 is 0. The number of hydrogen-bond acceptors (Lipinski definition) is 3. The van der Waals surface area contributed by atoms with E-state index in [9.17, 15) is 0 Å². The van der Waals surface area contributed by atoms with Crippen LogP contribution < -0.4 is 5.32 Å². The minimum Gasteiger partial charge on any atom is -0.314 e. The molecule has 1 aromatic heterocycles. The van der Waals surface area contributed by atoms with E-state index in [1.807, 2.05) is 12.4 Å². The van der Waals surface area contributed by atoms with E-state index < -0.39 is 0 Å². The molecule has 4 nitrogen and oxygen atoms in total. The number of nitrogens with zero attached hydrogens (tertiary/aromatic N) is 2. The molecule has 1 atom stereocenters. The van der Waals surface area contributed by atoms with Crippen molar-refractivity contribution >= 4 is 0 Å².